The van der Waals surface area contributed by atoms with Crippen molar-refractivity contribution in [1.29, 1.82) is 0 Å². The molecule has 4 nitrogen and oxygen atoms in total. The van der Waals surface area contributed by atoms with Crippen molar-refractivity contribution in [3.8, 4) is 0 Å². The van der Waals surface area contributed by atoms with Gasteiger partial charge in [-0.05, 0) is 18.4 Å². The summed E-state index contributed by atoms with van der Waals surface area (Å²) in [5.41, 5.74) is 0. The summed E-state index contributed by atoms with van der Waals surface area (Å²) in [6.45, 7) is 1.75. The predicted molar refractivity (Wildman–Crippen MR) is 66.8 cm³/mol. The number of anilines is 1. The van der Waals surface area contributed by atoms with Crippen LogP contribution in [0.15, 0.2) is 36.5 Å². The Labute approximate surface area is 99.6 Å². The molecular formula is C13H14N2O2. The summed E-state index contributed by atoms with van der Waals surface area (Å²) in [7, 11) is 1.37. The topological polar surface area (TPSA) is 51.2 Å². The molecule has 4 heteroatoms. The molecule has 0 bridgehead atoms. The van der Waals surface area contributed by atoms with Crippen molar-refractivity contribution in [2.75, 3.05) is 12.4 Å². The van der Waals surface area contributed by atoms with E-state index in [1.807, 2.05) is 30.3 Å². The SMILES string of the molecule is COC(=O)C(C)Nc1nccc2ccccc12. The molecule has 88 valence electrons. The zero-order valence-corrected chi connectivity index (χ0v) is 9.81. The first-order chi connectivity index (χ1) is 8.22. The Kier molecular flexibility index (Phi) is 3.23. The number of ether oxygens (including phenoxy) is 1. The Morgan fingerprint density at radius 1 is 1.35 bits per heavy atom. The van der Waals surface area contributed by atoms with E-state index in [-0.39, 0.29) is 5.97 Å². The Hall–Kier alpha value is -2.10. The van der Waals surface area contributed by atoms with Crippen LogP contribution in [0.4, 0.5) is 5.82 Å². The number of hydrogen-bond donors (Lipinski definition) is 1. The molecule has 0 saturated carbocycles. The van der Waals surface area contributed by atoms with E-state index in [0.717, 1.165) is 10.8 Å². The third-order valence-corrected chi connectivity index (χ3v) is 2.58. The maximum absolute atomic E-state index is 11.3. The molecule has 1 aromatic carbocycles. The number of esters is 1. The van der Waals surface area contributed by atoms with Crippen LogP contribution >= 0.6 is 0 Å². The summed E-state index contributed by atoms with van der Waals surface area (Å²) in [4.78, 5) is 15.6. The van der Waals surface area contributed by atoms with Crippen LogP contribution in [0.1, 0.15) is 6.92 Å². The molecule has 0 aliphatic carbocycles. The zero-order valence-electron chi connectivity index (χ0n) is 9.81. The van der Waals surface area contributed by atoms with Crippen molar-refractivity contribution < 1.29 is 9.53 Å². The first-order valence-corrected chi connectivity index (χ1v) is 5.40. The number of nitrogens with one attached hydrogen (secondary N) is 1. The van der Waals surface area contributed by atoms with Gasteiger partial charge in [0.15, 0.2) is 0 Å². The molecule has 0 fully saturated rings. The number of pyridine rings is 1. The van der Waals surface area contributed by atoms with E-state index in [1.165, 1.54) is 7.11 Å². The fraction of sp³-hybridized carbons (Fsp3) is 0.231. The molecule has 1 unspecified atom stereocenters. The number of hydrogen-bond acceptors (Lipinski definition) is 4. The Balaban J connectivity index is 2.33. The summed E-state index contributed by atoms with van der Waals surface area (Å²) in [6.07, 6.45) is 1.72. The Bertz CT molecular complexity index is 534. The van der Waals surface area contributed by atoms with Crippen LogP contribution in [0.3, 0.4) is 0 Å². The fourth-order valence-electron chi connectivity index (χ4n) is 1.68. The second-order valence-corrected chi connectivity index (χ2v) is 3.77. The first kappa shape index (κ1) is 11.4. The van der Waals surface area contributed by atoms with Gasteiger partial charge in [0.1, 0.15) is 11.9 Å². The van der Waals surface area contributed by atoms with Crippen LogP contribution in [-0.4, -0.2) is 24.1 Å². The number of methoxy groups -OCH3 is 1. The molecule has 0 radical (unpaired) electrons. The van der Waals surface area contributed by atoms with E-state index >= 15 is 0 Å². The summed E-state index contributed by atoms with van der Waals surface area (Å²) in [5, 5.41) is 5.13. The molecule has 0 aliphatic rings. The second-order valence-electron chi connectivity index (χ2n) is 3.77. The highest BCUT2D eigenvalue weighted by atomic mass is 16.5. The molecule has 1 heterocycles. The number of rotatable bonds is 3. The molecule has 17 heavy (non-hydrogen) atoms. The highest BCUT2D eigenvalue weighted by Crippen LogP contribution is 2.20. The number of fused-ring (bicyclic) bond motifs is 1. The lowest BCUT2D eigenvalue weighted by molar-refractivity contribution is -0.141. The number of carbonyl (C=O) groups is 1. The van der Waals surface area contributed by atoms with Gasteiger partial charge in [-0.1, -0.05) is 24.3 Å². The van der Waals surface area contributed by atoms with Gasteiger partial charge in [-0.3, -0.25) is 0 Å². The summed E-state index contributed by atoms with van der Waals surface area (Å²) in [6, 6.07) is 9.40. The average molecular weight is 230 g/mol. The molecule has 0 amide bonds. The fourth-order valence-corrected chi connectivity index (χ4v) is 1.68. The quantitative estimate of drug-likeness (QED) is 0.821. The highest BCUT2D eigenvalue weighted by molar-refractivity contribution is 5.93. The second kappa shape index (κ2) is 4.82. The normalized spacial score (nSPS) is 12.1. The maximum atomic E-state index is 11.3. The lowest BCUT2D eigenvalue weighted by Crippen LogP contribution is -2.27. The maximum Gasteiger partial charge on any atom is 0.328 e. The van der Waals surface area contributed by atoms with Gasteiger partial charge in [0.2, 0.25) is 0 Å². The molecule has 0 saturated heterocycles. The zero-order chi connectivity index (χ0) is 12.3. The van der Waals surface area contributed by atoms with Gasteiger partial charge in [-0.15, -0.1) is 0 Å². The molecule has 1 aromatic heterocycles. The van der Waals surface area contributed by atoms with Crippen LogP contribution in [0.25, 0.3) is 10.8 Å². The minimum absolute atomic E-state index is 0.306. The van der Waals surface area contributed by atoms with Crippen LogP contribution in [-0.2, 0) is 9.53 Å². The Morgan fingerprint density at radius 3 is 2.88 bits per heavy atom. The van der Waals surface area contributed by atoms with Crippen LogP contribution in [0.2, 0.25) is 0 Å². The van der Waals surface area contributed by atoms with Gasteiger partial charge in [0.05, 0.1) is 7.11 Å². The minimum atomic E-state index is -0.418. The van der Waals surface area contributed by atoms with E-state index in [4.69, 9.17) is 0 Å². The van der Waals surface area contributed by atoms with Gasteiger partial charge >= 0.3 is 5.97 Å². The lowest BCUT2D eigenvalue weighted by atomic mass is 10.1. The lowest BCUT2D eigenvalue weighted by Gasteiger charge is -2.13. The third kappa shape index (κ3) is 2.36. The van der Waals surface area contributed by atoms with Crippen molar-refractivity contribution in [2.45, 2.75) is 13.0 Å². The van der Waals surface area contributed by atoms with Crippen molar-refractivity contribution in [1.82, 2.24) is 4.98 Å². The van der Waals surface area contributed by atoms with Crippen LogP contribution < -0.4 is 5.32 Å². The van der Waals surface area contributed by atoms with Gasteiger partial charge in [-0.25, -0.2) is 9.78 Å². The summed E-state index contributed by atoms with van der Waals surface area (Å²) >= 11 is 0. The van der Waals surface area contributed by atoms with Crippen molar-refractivity contribution >= 4 is 22.6 Å². The molecule has 1 atom stereocenters. The largest absolute Gasteiger partial charge is 0.467 e. The average Bonchev–Trinajstić information content (AvgIpc) is 2.38. The van der Waals surface area contributed by atoms with E-state index in [9.17, 15) is 4.79 Å². The van der Waals surface area contributed by atoms with Crippen LogP contribution in [0.5, 0.6) is 0 Å². The van der Waals surface area contributed by atoms with Crippen molar-refractivity contribution in [3.05, 3.63) is 36.5 Å². The smallest absolute Gasteiger partial charge is 0.328 e. The minimum Gasteiger partial charge on any atom is -0.467 e. The summed E-state index contributed by atoms with van der Waals surface area (Å²) in [5.74, 6) is 0.390. The van der Waals surface area contributed by atoms with Gasteiger partial charge < -0.3 is 10.1 Å². The predicted octanol–water partition coefficient (Wildman–Crippen LogP) is 2.21. The van der Waals surface area contributed by atoms with Crippen molar-refractivity contribution in [3.63, 3.8) is 0 Å². The van der Waals surface area contributed by atoms with Gasteiger partial charge in [-0.2, -0.15) is 0 Å². The van der Waals surface area contributed by atoms with Gasteiger partial charge in [0, 0.05) is 11.6 Å². The van der Waals surface area contributed by atoms with E-state index in [1.54, 1.807) is 13.1 Å². The molecule has 0 aliphatic heterocycles. The van der Waals surface area contributed by atoms with E-state index in [2.05, 4.69) is 15.0 Å². The molecule has 2 rings (SSSR count). The van der Waals surface area contributed by atoms with E-state index in [0.29, 0.717) is 5.82 Å². The van der Waals surface area contributed by atoms with Crippen LogP contribution in [0, 0.1) is 0 Å². The monoisotopic (exact) mass is 230 g/mol. The van der Waals surface area contributed by atoms with Gasteiger partial charge in [0.25, 0.3) is 0 Å². The molecule has 2 aromatic rings. The summed E-state index contributed by atoms with van der Waals surface area (Å²) < 4.78 is 4.67. The standard InChI is InChI=1S/C13H14N2O2/c1-9(13(16)17-2)15-12-11-6-4-3-5-10(11)7-8-14-12/h3-9H,1-2H3,(H,14,15). The Morgan fingerprint density at radius 2 is 2.12 bits per heavy atom. The van der Waals surface area contributed by atoms with Crippen molar-refractivity contribution in [2.24, 2.45) is 0 Å². The number of nitrogens with zero attached hydrogens (tertiary/aromatic N) is 1. The third-order valence-electron chi connectivity index (χ3n) is 2.58. The number of aromatic nitrogens is 1. The number of carbonyl (C=O) groups excluding carboxylic acids is 1. The van der Waals surface area contributed by atoms with E-state index < -0.39 is 6.04 Å². The molecular weight excluding hydrogens is 216 g/mol. The number of benzene rings is 1. The first-order valence-electron chi connectivity index (χ1n) is 5.40. The molecule has 0 spiro atoms. The molecule has 1 N–H and O–H groups in total. The highest BCUT2D eigenvalue weighted by Gasteiger charge is 2.14.